The van der Waals surface area contributed by atoms with Gasteiger partial charge < -0.3 is 19.9 Å². The molecular weight excluding hydrogens is 389 g/mol. The third kappa shape index (κ3) is 6.69. The number of β-amino-alcohol motifs (C(OH)–C–C–N with tert-alkyl or cyclic N) is 1. The van der Waals surface area contributed by atoms with Gasteiger partial charge in [0, 0.05) is 38.4 Å². The summed E-state index contributed by atoms with van der Waals surface area (Å²) in [6.45, 7) is 3.95. The van der Waals surface area contributed by atoms with E-state index in [1.54, 1.807) is 25.3 Å². The molecule has 30 heavy (non-hydrogen) atoms. The van der Waals surface area contributed by atoms with E-state index in [4.69, 9.17) is 9.47 Å². The van der Waals surface area contributed by atoms with Gasteiger partial charge in [0.15, 0.2) is 11.5 Å². The van der Waals surface area contributed by atoms with Crippen molar-refractivity contribution in [1.29, 1.82) is 0 Å². The van der Waals surface area contributed by atoms with Gasteiger partial charge in [-0.3, -0.25) is 14.6 Å². The molecule has 0 aliphatic carbocycles. The van der Waals surface area contributed by atoms with Gasteiger partial charge in [0.1, 0.15) is 18.5 Å². The maximum atomic E-state index is 12.9. The summed E-state index contributed by atoms with van der Waals surface area (Å²) in [6, 6.07) is 13.1. The number of hydrogen-bond acceptors (Lipinski definition) is 6. The Hall–Kier alpha value is -2.68. The first-order valence-corrected chi connectivity index (χ1v) is 9.97. The SMILES string of the molecule is COc1ccccc1OCC(O)CN1CCN(CC(=O)Nc2ccc(F)cc2)CC1. The number of carbonyl (C=O) groups is 1. The van der Waals surface area contributed by atoms with E-state index in [0.717, 1.165) is 26.2 Å². The third-order valence-electron chi connectivity index (χ3n) is 4.93. The second kappa shape index (κ2) is 10.9. The molecule has 1 saturated heterocycles. The van der Waals surface area contributed by atoms with Crippen LogP contribution in [0.5, 0.6) is 11.5 Å². The number of aliphatic hydroxyl groups is 1. The van der Waals surface area contributed by atoms with Crippen molar-refractivity contribution in [3.63, 3.8) is 0 Å². The number of nitrogens with one attached hydrogen (secondary N) is 1. The van der Waals surface area contributed by atoms with Gasteiger partial charge in [-0.1, -0.05) is 12.1 Å². The fourth-order valence-corrected chi connectivity index (χ4v) is 3.34. The summed E-state index contributed by atoms with van der Waals surface area (Å²) in [6.07, 6.45) is -0.622. The first-order chi connectivity index (χ1) is 14.5. The fraction of sp³-hybridized carbons (Fsp3) is 0.409. The summed E-state index contributed by atoms with van der Waals surface area (Å²) in [5.74, 6) is 0.785. The number of amides is 1. The molecule has 1 aliphatic heterocycles. The van der Waals surface area contributed by atoms with E-state index in [2.05, 4.69) is 15.1 Å². The van der Waals surface area contributed by atoms with Crippen molar-refractivity contribution < 1.29 is 23.8 Å². The van der Waals surface area contributed by atoms with Crippen LogP contribution in [0.4, 0.5) is 10.1 Å². The summed E-state index contributed by atoms with van der Waals surface area (Å²) < 4.78 is 23.9. The van der Waals surface area contributed by atoms with Crippen LogP contribution in [0.3, 0.4) is 0 Å². The molecule has 162 valence electrons. The summed E-state index contributed by atoms with van der Waals surface area (Å²) >= 11 is 0. The summed E-state index contributed by atoms with van der Waals surface area (Å²) in [7, 11) is 1.58. The van der Waals surface area contributed by atoms with Crippen LogP contribution in [0.15, 0.2) is 48.5 Å². The molecule has 1 aliphatic rings. The molecule has 7 nitrogen and oxygen atoms in total. The number of piperazine rings is 1. The quantitative estimate of drug-likeness (QED) is 0.649. The van der Waals surface area contributed by atoms with Gasteiger partial charge in [0.05, 0.1) is 13.7 Å². The number of para-hydroxylation sites is 2. The van der Waals surface area contributed by atoms with Crippen LogP contribution in [0.1, 0.15) is 0 Å². The Bertz CT molecular complexity index is 810. The van der Waals surface area contributed by atoms with E-state index in [-0.39, 0.29) is 24.9 Å². The lowest BCUT2D eigenvalue weighted by atomic mass is 10.2. The van der Waals surface area contributed by atoms with Crippen molar-refractivity contribution >= 4 is 11.6 Å². The molecule has 2 aromatic carbocycles. The van der Waals surface area contributed by atoms with Crippen molar-refractivity contribution in [1.82, 2.24) is 9.80 Å². The second-order valence-electron chi connectivity index (χ2n) is 7.25. The van der Waals surface area contributed by atoms with Gasteiger partial charge >= 0.3 is 0 Å². The number of anilines is 1. The number of rotatable bonds is 9. The lowest BCUT2D eigenvalue weighted by Gasteiger charge is -2.35. The Labute approximate surface area is 176 Å². The first kappa shape index (κ1) is 22.0. The molecule has 1 atom stereocenters. The van der Waals surface area contributed by atoms with Crippen LogP contribution in [0.25, 0.3) is 0 Å². The molecule has 2 N–H and O–H groups in total. The standard InChI is InChI=1S/C22H28FN3O4/c1-29-20-4-2-3-5-21(20)30-16-19(27)14-25-10-12-26(13-11-25)15-22(28)24-18-8-6-17(23)7-9-18/h2-9,19,27H,10-16H2,1H3,(H,24,28). The highest BCUT2D eigenvalue weighted by molar-refractivity contribution is 5.92. The first-order valence-electron chi connectivity index (χ1n) is 9.97. The third-order valence-corrected chi connectivity index (χ3v) is 4.93. The molecule has 0 aromatic heterocycles. The van der Waals surface area contributed by atoms with Crippen LogP contribution in [-0.4, -0.2) is 79.9 Å². The molecule has 0 radical (unpaired) electrons. The van der Waals surface area contributed by atoms with Crippen LogP contribution < -0.4 is 14.8 Å². The molecule has 0 saturated carbocycles. The van der Waals surface area contributed by atoms with E-state index in [9.17, 15) is 14.3 Å². The Morgan fingerprint density at radius 2 is 1.70 bits per heavy atom. The Morgan fingerprint density at radius 3 is 2.37 bits per heavy atom. The Balaban J connectivity index is 1.35. The highest BCUT2D eigenvalue weighted by Gasteiger charge is 2.21. The average molecular weight is 417 g/mol. The fourth-order valence-electron chi connectivity index (χ4n) is 3.34. The van der Waals surface area contributed by atoms with Crippen molar-refractivity contribution in [3.05, 3.63) is 54.3 Å². The van der Waals surface area contributed by atoms with Crippen molar-refractivity contribution in [2.45, 2.75) is 6.10 Å². The molecule has 0 bridgehead atoms. The molecule has 1 unspecified atom stereocenters. The molecule has 1 fully saturated rings. The lowest BCUT2D eigenvalue weighted by Crippen LogP contribution is -2.50. The average Bonchev–Trinajstić information content (AvgIpc) is 2.75. The summed E-state index contributed by atoms with van der Waals surface area (Å²) in [4.78, 5) is 16.4. The van der Waals surface area contributed by atoms with Crippen LogP contribution in [0, 0.1) is 5.82 Å². The highest BCUT2D eigenvalue weighted by Crippen LogP contribution is 2.25. The number of methoxy groups -OCH3 is 1. The number of halogens is 1. The van der Waals surface area contributed by atoms with Crippen LogP contribution in [0.2, 0.25) is 0 Å². The van der Waals surface area contributed by atoms with Crippen molar-refractivity contribution in [2.24, 2.45) is 0 Å². The Kier molecular flexibility index (Phi) is 8.01. The zero-order valence-electron chi connectivity index (χ0n) is 17.1. The minimum Gasteiger partial charge on any atom is -0.493 e. The smallest absolute Gasteiger partial charge is 0.238 e. The van der Waals surface area contributed by atoms with E-state index in [1.165, 1.54) is 12.1 Å². The molecule has 2 aromatic rings. The van der Waals surface area contributed by atoms with Gasteiger partial charge in [-0.2, -0.15) is 0 Å². The summed E-state index contributed by atoms with van der Waals surface area (Å²) in [5.41, 5.74) is 0.582. The maximum absolute atomic E-state index is 12.9. The highest BCUT2D eigenvalue weighted by atomic mass is 19.1. The van der Waals surface area contributed by atoms with E-state index >= 15 is 0 Å². The molecule has 1 amide bonds. The molecular formula is C22H28FN3O4. The van der Waals surface area contributed by atoms with Gasteiger partial charge in [-0.15, -0.1) is 0 Å². The van der Waals surface area contributed by atoms with Crippen LogP contribution >= 0.6 is 0 Å². The van der Waals surface area contributed by atoms with Gasteiger partial charge in [0.25, 0.3) is 0 Å². The second-order valence-corrected chi connectivity index (χ2v) is 7.25. The maximum Gasteiger partial charge on any atom is 0.238 e. The van der Waals surface area contributed by atoms with E-state index < -0.39 is 6.10 Å². The Morgan fingerprint density at radius 1 is 1.07 bits per heavy atom. The lowest BCUT2D eigenvalue weighted by molar-refractivity contribution is -0.117. The molecule has 8 heteroatoms. The largest absolute Gasteiger partial charge is 0.493 e. The number of ether oxygens (including phenoxy) is 2. The molecule has 0 spiro atoms. The van der Waals surface area contributed by atoms with Gasteiger partial charge in [-0.25, -0.2) is 4.39 Å². The topological polar surface area (TPSA) is 74.3 Å². The zero-order chi connectivity index (χ0) is 21.3. The molecule has 1 heterocycles. The predicted octanol–water partition coefficient (Wildman–Crippen LogP) is 1.83. The number of carbonyl (C=O) groups excluding carboxylic acids is 1. The minimum absolute atomic E-state index is 0.125. The van der Waals surface area contributed by atoms with E-state index in [0.29, 0.717) is 23.7 Å². The predicted molar refractivity (Wildman–Crippen MR) is 112 cm³/mol. The van der Waals surface area contributed by atoms with Gasteiger partial charge in [0.2, 0.25) is 5.91 Å². The van der Waals surface area contributed by atoms with Crippen LogP contribution in [-0.2, 0) is 4.79 Å². The number of hydrogen-bond donors (Lipinski definition) is 2. The van der Waals surface area contributed by atoms with Crippen molar-refractivity contribution in [2.75, 3.05) is 58.3 Å². The number of benzene rings is 2. The monoisotopic (exact) mass is 417 g/mol. The van der Waals surface area contributed by atoms with Crippen molar-refractivity contribution in [3.8, 4) is 11.5 Å². The van der Waals surface area contributed by atoms with Gasteiger partial charge in [-0.05, 0) is 36.4 Å². The van der Waals surface area contributed by atoms with E-state index in [1.807, 2.05) is 18.2 Å². The number of aliphatic hydroxyl groups excluding tert-OH is 1. The minimum atomic E-state index is -0.622. The normalized spacial score (nSPS) is 16.1. The number of nitrogens with zero attached hydrogens (tertiary/aromatic N) is 2. The zero-order valence-corrected chi connectivity index (χ0v) is 17.1. The molecule has 3 rings (SSSR count). The summed E-state index contributed by atoms with van der Waals surface area (Å²) in [5, 5.41) is 13.1.